The molecule has 1 fully saturated rings. The van der Waals surface area contributed by atoms with Crippen molar-refractivity contribution in [2.75, 3.05) is 19.6 Å². The molecule has 0 radical (unpaired) electrons. The van der Waals surface area contributed by atoms with Crippen molar-refractivity contribution < 1.29 is 103 Å². The molecule has 2 aromatic heterocycles. The van der Waals surface area contributed by atoms with Crippen LogP contribution in [-0.2, 0) is 97.6 Å². The minimum Gasteiger partial charge on any atom is -0.508 e. The van der Waals surface area contributed by atoms with E-state index < -0.39 is 192 Å². The Morgan fingerprint density at radius 3 is 1.23 bits per heavy atom. The molecule has 16 atom stereocenters. The second kappa shape index (κ2) is 50.6. The lowest BCUT2D eigenvalue weighted by atomic mass is 9.98. The molecule has 0 saturated carbocycles. The Morgan fingerprint density at radius 1 is 0.443 bits per heavy atom. The highest BCUT2D eigenvalue weighted by Crippen LogP contribution is 2.26. The molecule has 41 nitrogen and oxygen atoms in total. The number of benzene rings is 4. The first-order valence-electron chi connectivity index (χ1n) is 44.0. The molecule has 28 N–H and O–H groups in total. The summed E-state index contributed by atoms with van der Waals surface area (Å²) in [5.74, 6) is -17.1. The number of aliphatic carboxylic acids is 2. The fourth-order valence-corrected chi connectivity index (χ4v) is 15.2. The Labute approximate surface area is 758 Å². The number of nitrogens with one attached hydrogen (secondary N) is 16. The van der Waals surface area contributed by atoms with E-state index in [1.807, 2.05) is 0 Å². The van der Waals surface area contributed by atoms with Gasteiger partial charge in [-0.3, -0.25) is 72.5 Å². The number of para-hydroxylation sites is 2. The average molecular weight is 1830 g/mol. The van der Waals surface area contributed by atoms with Gasteiger partial charge in [0.25, 0.3) is 0 Å². The second-order valence-electron chi connectivity index (χ2n) is 34.5. The van der Waals surface area contributed by atoms with E-state index in [9.17, 15) is 78.6 Å². The average Bonchev–Trinajstić information content (AvgIpc) is 1.74. The maximum atomic E-state index is 15.1. The number of carbonyl (C=O) groups is 15. The van der Waals surface area contributed by atoms with Gasteiger partial charge in [-0.15, -0.1) is 0 Å². The number of amides is 13. The SMILES string of the molecule is CC(C)C[C@H](NC(=O)[C@H](Cc1c[nH]c2ccccc12)NC(=O)[C@H](CC(C)C)NC(=O)[C@H](CCCCN)NC(=O)[C@@H](NC(=O)[C@H](CC(C)C)NC(=O)[C@@H]1CCCN1C(=O)[C@H](CC(=O)O)NC(=O)[C@H](Cc1ccc(O)cc1)NC(=O)[C@H](Cc1c[nH]c2ccccc12)NC(=O)[C@H](Cc1ccc(O)cc1)NC(=O)[C@H](C)N)[C@@H](C)O)C(=O)N[C@@H](CCCNC(=N)N)C(=O)N[C@H](C(=O)O)[C@@H](C)O. The molecule has 0 unspecified atom stereocenters. The number of phenolic OH excluding ortho intramolecular Hbond substituents is 2. The summed E-state index contributed by atoms with van der Waals surface area (Å²) in [6.45, 7) is 14.2. The van der Waals surface area contributed by atoms with Crippen molar-refractivity contribution in [1.82, 2.24) is 84.0 Å². The van der Waals surface area contributed by atoms with Crippen LogP contribution < -0.4 is 86.3 Å². The Balaban J connectivity index is 1.10. The summed E-state index contributed by atoms with van der Waals surface area (Å²) in [5.41, 5.74) is 20.5. The van der Waals surface area contributed by atoms with E-state index in [0.29, 0.717) is 50.5 Å². The number of aliphatic hydroxyl groups is 2. The third-order valence-electron chi connectivity index (χ3n) is 22.1. The number of guanidine groups is 1. The first-order chi connectivity index (χ1) is 62.0. The number of nitrogens with two attached hydrogens (primary N) is 3. The van der Waals surface area contributed by atoms with Crippen molar-refractivity contribution in [3.63, 3.8) is 0 Å². The predicted octanol–water partition coefficient (Wildman–Crippen LogP) is -0.662. The number of likely N-dealkylation sites (tertiary alicyclic amines) is 1. The molecule has 0 spiro atoms. The van der Waals surface area contributed by atoms with Crippen LogP contribution in [0.3, 0.4) is 0 Å². The van der Waals surface area contributed by atoms with Gasteiger partial charge in [0.05, 0.1) is 24.7 Å². The first kappa shape index (κ1) is 105. The van der Waals surface area contributed by atoms with Crippen molar-refractivity contribution in [2.45, 2.75) is 255 Å². The summed E-state index contributed by atoms with van der Waals surface area (Å²) in [6.07, 6.45) is -1.78. The maximum Gasteiger partial charge on any atom is 0.328 e. The zero-order chi connectivity index (χ0) is 96.6. The Hall–Kier alpha value is -13.3. The first-order valence-corrected chi connectivity index (χ1v) is 44.0. The van der Waals surface area contributed by atoms with E-state index in [4.69, 9.17) is 22.6 Å². The second-order valence-corrected chi connectivity index (χ2v) is 34.5. The number of rotatable bonds is 52. The van der Waals surface area contributed by atoms with Crippen molar-refractivity contribution in [3.8, 4) is 11.5 Å². The van der Waals surface area contributed by atoms with Crippen LogP contribution in [0.15, 0.2) is 109 Å². The molecule has 13 amide bonds. The molecule has 4 aromatic carbocycles. The molecule has 1 saturated heterocycles. The third-order valence-corrected chi connectivity index (χ3v) is 22.1. The van der Waals surface area contributed by atoms with E-state index in [1.165, 1.54) is 62.4 Å². The molecule has 41 heteroatoms. The molecular formula is C90H128N20O21. The van der Waals surface area contributed by atoms with Crippen molar-refractivity contribution in [2.24, 2.45) is 35.0 Å². The lowest BCUT2D eigenvalue weighted by Gasteiger charge is -2.31. The third kappa shape index (κ3) is 32.7. The number of aromatic hydroxyl groups is 2. The molecule has 0 bridgehead atoms. The Bertz CT molecular complexity index is 4940. The summed E-state index contributed by atoms with van der Waals surface area (Å²) in [7, 11) is 0. The van der Waals surface area contributed by atoms with Crippen molar-refractivity contribution in [3.05, 3.63) is 132 Å². The number of carbonyl (C=O) groups excluding carboxylic acids is 13. The largest absolute Gasteiger partial charge is 0.508 e. The van der Waals surface area contributed by atoms with Crippen LogP contribution in [0.4, 0.5) is 0 Å². The summed E-state index contributed by atoms with van der Waals surface area (Å²) < 4.78 is 0. The van der Waals surface area contributed by atoms with E-state index in [2.05, 4.69) is 79.1 Å². The molecule has 1 aliphatic heterocycles. The molecule has 6 aromatic rings. The van der Waals surface area contributed by atoms with Gasteiger partial charge in [0.1, 0.15) is 84.0 Å². The normalized spacial score (nSPS) is 16.0. The maximum absolute atomic E-state index is 15.1. The summed E-state index contributed by atoms with van der Waals surface area (Å²) in [6, 6.07) is 3.93. The number of unbranched alkanes of at least 4 members (excludes halogenated alkanes) is 1. The van der Waals surface area contributed by atoms with Crippen LogP contribution in [0.2, 0.25) is 0 Å². The van der Waals surface area contributed by atoms with Gasteiger partial charge in [-0.25, -0.2) is 4.79 Å². The summed E-state index contributed by atoms with van der Waals surface area (Å²) >= 11 is 0. The standard InChI is InChI=1S/C90H128N20O21/c1-46(2)36-64(79(120)98-63(23-16-34-95-90(93)94)78(119)109-75(51(9)112)89(130)131)102-83(124)69(41-54-44-96-60-20-12-10-18-58(54)60)104-80(121)65(37-47(3)4)101-77(118)62(22-14-15-33-91)99-87(128)74(50(8)111)108-85(126)66(38-48(5)6)106-86(127)72-24-17-35-110(72)88(129)71(43-73(115)116)107-82(123)68(40-53-27-31-57(114)32-28-53)103-84(125)70(42-55-45-97-61-21-13-11-19-59(55)61)105-81(122)67(100-76(117)49(7)92)39-52-25-29-56(113)30-26-52/h10-13,18-21,25-32,44-51,62-72,74-75,96-97,111-114H,14-17,22-24,33-43,91-92H2,1-9H3,(H,98,120)(H,99,128)(H,100,117)(H,101,118)(H,102,124)(H,103,125)(H,104,121)(H,105,122)(H,106,127)(H,107,123)(H,108,126)(H,109,119)(H,115,116)(H,130,131)(H4,93,94,95)/t49-,50+,51+,62-,63-,64-,65-,66-,67-,68-,69-,70-,71-,72-,74-,75-/m0/s1. The van der Waals surface area contributed by atoms with E-state index in [0.717, 1.165) is 11.8 Å². The van der Waals surface area contributed by atoms with Crippen LogP contribution in [0.25, 0.3) is 21.8 Å². The molecule has 714 valence electrons. The van der Waals surface area contributed by atoms with Gasteiger partial charge >= 0.3 is 11.9 Å². The number of fused-ring (bicyclic) bond motifs is 2. The van der Waals surface area contributed by atoms with Gasteiger partial charge in [0.2, 0.25) is 76.8 Å². The van der Waals surface area contributed by atoms with Gasteiger partial charge in [-0.1, -0.05) is 102 Å². The topological polar surface area (TPSA) is 671 Å². The van der Waals surface area contributed by atoms with Crippen LogP contribution in [-0.4, -0.2) is 257 Å². The van der Waals surface area contributed by atoms with Crippen molar-refractivity contribution >= 4 is 116 Å². The number of hydrogen-bond donors (Lipinski definition) is 25. The molecule has 131 heavy (non-hydrogen) atoms. The quantitative estimate of drug-likeness (QED) is 0.0128. The smallest absolute Gasteiger partial charge is 0.328 e. The van der Waals surface area contributed by atoms with E-state index in [1.54, 1.807) is 102 Å². The molecule has 1 aliphatic rings. The Morgan fingerprint density at radius 2 is 0.809 bits per heavy atom. The van der Waals surface area contributed by atoms with Gasteiger partial charge in [-0.05, 0) is 168 Å². The van der Waals surface area contributed by atoms with Gasteiger partial charge in [0.15, 0.2) is 12.0 Å². The monoisotopic (exact) mass is 1820 g/mol. The number of carboxylic acid groups (broad SMARTS) is 2. The zero-order valence-corrected chi connectivity index (χ0v) is 75.1. The molecule has 7 rings (SSSR count). The van der Waals surface area contributed by atoms with Crippen LogP contribution in [0.1, 0.15) is 155 Å². The summed E-state index contributed by atoms with van der Waals surface area (Å²) in [4.78, 5) is 222. The highest BCUT2D eigenvalue weighted by molar-refractivity contribution is 6.02. The highest BCUT2D eigenvalue weighted by atomic mass is 16.4. The van der Waals surface area contributed by atoms with Crippen LogP contribution >= 0.6 is 0 Å². The zero-order valence-electron chi connectivity index (χ0n) is 75.1. The van der Waals surface area contributed by atoms with Gasteiger partial charge in [0, 0.05) is 73.0 Å². The lowest BCUT2D eigenvalue weighted by Crippen LogP contribution is -2.62. The number of aromatic nitrogens is 2. The van der Waals surface area contributed by atoms with Crippen LogP contribution in [0, 0.1) is 23.2 Å². The van der Waals surface area contributed by atoms with Gasteiger partial charge < -0.3 is 132 Å². The Kier molecular flexibility index (Phi) is 40.5. The number of nitrogens with zero attached hydrogens (tertiary/aromatic N) is 1. The van der Waals surface area contributed by atoms with Crippen LogP contribution in [0.5, 0.6) is 11.5 Å². The van der Waals surface area contributed by atoms with Gasteiger partial charge in [-0.2, -0.15) is 0 Å². The van der Waals surface area contributed by atoms with E-state index >= 15 is 24.0 Å². The number of hydrogen-bond acceptors (Lipinski definition) is 22. The number of aliphatic hydroxyl groups excluding tert-OH is 2. The minimum absolute atomic E-state index is 0.0373. The fraction of sp³-hybridized carbons (Fsp3) is 0.511. The van der Waals surface area contributed by atoms with Crippen molar-refractivity contribution in [1.29, 1.82) is 5.41 Å². The fourth-order valence-electron chi connectivity index (χ4n) is 15.2. The number of aromatic amines is 2. The molecule has 0 aliphatic carbocycles. The predicted molar refractivity (Wildman–Crippen MR) is 483 cm³/mol. The number of phenols is 2. The molecule has 3 heterocycles. The minimum atomic E-state index is -1.94. The van der Waals surface area contributed by atoms with E-state index in [-0.39, 0.29) is 138 Å². The number of carboxylic acids is 2. The number of H-pyrrole nitrogens is 2. The summed E-state index contributed by atoms with van der Waals surface area (Å²) in [5, 5.41) is 105. The lowest BCUT2D eigenvalue weighted by molar-refractivity contribution is -0.146. The molecular weight excluding hydrogens is 1700 g/mol. The highest BCUT2D eigenvalue weighted by Gasteiger charge is 2.43.